The first-order chi connectivity index (χ1) is 20.4. The number of Topliss-reactive ketones (excluding diaryl/α,β-unsaturated/α-hetero) is 1. The van der Waals surface area contributed by atoms with Crippen LogP contribution in [-0.2, 0) is 4.84 Å². The topological polar surface area (TPSA) is 152 Å². The second-order valence-electron chi connectivity index (χ2n) is 11.9. The molecule has 12 nitrogen and oxygen atoms in total. The smallest absolute Gasteiger partial charge is 0.365 e. The molecule has 3 aromatic rings. The van der Waals surface area contributed by atoms with Crippen LogP contribution in [0.5, 0.6) is 0 Å². The number of imidazole rings is 1. The Kier molecular flexibility index (Phi) is 8.52. The molecule has 3 aliphatic rings. The molecule has 42 heavy (non-hydrogen) atoms. The molecule has 224 valence electrons. The van der Waals surface area contributed by atoms with Gasteiger partial charge >= 0.3 is 6.09 Å². The van der Waals surface area contributed by atoms with Gasteiger partial charge in [-0.1, -0.05) is 12.8 Å². The predicted octanol–water partition coefficient (Wildman–Crippen LogP) is 4.87. The zero-order valence-electron chi connectivity index (χ0n) is 24.2. The maximum atomic E-state index is 12.4. The molecule has 1 saturated heterocycles. The van der Waals surface area contributed by atoms with E-state index in [1.807, 2.05) is 6.33 Å². The van der Waals surface area contributed by atoms with Crippen LogP contribution in [0.4, 0.5) is 22.2 Å². The summed E-state index contributed by atoms with van der Waals surface area (Å²) in [5.74, 6) is 1.37. The number of rotatable bonds is 8. The number of piperidine rings is 1. The normalized spacial score (nSPS) is 22.2. The molecule has 2 saturated carbocycles. The van der Waals surface area contributed by atoms with E-state index in [1.165, 1.54) is 19.8 Å². The lowest BCUT2D eigenvalue weighted by Gasteiger charge is -2.31. The van der Waals surface area contributed by atoms with Gasteiger partial charge in [0, 0.05) is 48.5 Å². The zero-order valence-corrected chi connectivity index (χ0v) is 24.2. The van der Waals surface area contributed by atoms with Gasteiger partial charge in [0.15, 0.2) is 22.8 Å². The van der Waals surface area contributed by atoms with Crippen molar-refractivity contribution in [3.05, 3.63) is 36.2 Å². The number of nitrogens with zero attached hydrogens (tertiary/aromatic N) is 5. The van der Waals surface area contributed by atoms with Gasteiger partial charge in [0.25, 0.3) is 0 Å². The maximum Gasteiger partial charge on any atom is 0.430 e. The highest BCUT2D eigenvalue weighted by molar-refractivity contribution is 5.95. The summed E-state index contributed by atoms with van der Waals surface area (Å²) in [7, 11) is 0. The molecule has 0 bridgehead atoms. The Balaban J connectivity index is 1.09. The summed E-state index contributed by atoms with van der Waals surface area (Å²) in [5, 5.41) is 11.6. The number of carbonyl (C=O) groups is 2. The number of amides is 1. The molecule has 2 aliphatic carbocycles. The molecule has 3 fully saturated rings. The molecule has 0 atom stereocenters. The highest BCUT2D eigenvalue weighted by atomic mass is 16.7. The van der Waals surface area contributed by atoms with Gasteiger partial charge in [-0.2, -0.15) is 9.97 Å². The van der Waals surface area contributed by atoms with Crippen LogP contribution in [0.1, 0.15) is 87.5 Å². The second kappa shape index (κ2) is 12.6. The van der Waals surface area contributed by atoms with E-state index in [-0.39, 0.29) is 17.9 Å². The van der Waals surface area contributed by atoms with Gasteiger partial charge in [0.1, 0.15) is 0 Å². The van der Waals surface area contributed by atoms with Crippen molar-refractivity contribution in [2.75, 3.05) is 29.0 Å². The lowest BCUT2D eigenvalue weighted by molar-refractivity contribution is -0.106. The van der Waals surface area contributed by atoms with Crippen molar-refractivity contribution >= 4 is 40.5 Å². The first-order valence-electron chi connectivity index (χ1n) is 15.3. The van der Waals surface area contributed by atoms with Crippen LogP contribution < -0.4 is 21.7 Å². The summed E-state index contributed by atoms with van der Waals surface area (Å²) in [6.45, 7) is 2.69. The predicted molar refractivity (Wildman–Crippen MR) is 161 cm³/mol. The molecule has 12 heteroatoms. The standard InChI is InChI=1S/C30H41N9O3/c1-19(40)20-6-10-23(11-7-20)35-30(41)42-38-16-14-24(15-17-38)33-27-26-28(39(18-32-26)25-4-2-3-5-25)37-29(36-27)34-22-12-8-21(31)9-13-22/h6-7,10-11,18,21-22,24-25H,2-5,8-9,12-17,31H2,1H3,(H,35,41)(H2,33,34,36,37). The van der Waals surface area contributed by atoms with Crippen LogP contribution in [0.2, 0.25) is 0 Å². The first kappa shape index (κ1) is 28.4. The molecule has 0 unspecified atom stereocenters. The quantitative estimate of drug-likeness (QED) is 0.274. The molecule has 1 aliphatic heterocycles. The fourth-order valence-corrected chi connectivity index (χ4v) is 6.31. The zero-order chi connectivity index (χ0) is 29.1. The Labute approximate surface area is 245 Å². The number of anilines is 3. The summed E-state index contributed by atoms with van der Waals surface area (Å²) < 4.78 is 2.24. The van der Waals surface area contributed by atoms with Crippen LogP contribution in [0.15, 0.2) is 30.6 Å². The average molecular weight is 576 g/mol. The van der Waals surface area contributed by atoms with E-state index >= 15 is 0 Å². The SMILES string of the molecule is CC(=O)c1ccc(NC(=O)ON2CCC(Nc3nc(NC4CCC(N)CC4)nc4c3ncn4C3CCCC3)CC2)cc1. The van der Waals surface area contributed by atoms with E-state index in [4.69, 9.17) is 25.5 Å². The van der Waals surface area contributed by atoms with Gasteiger partial charge in [-0.15, -0.1) is 5.06 Å². The van der Waals surface area contributed by atoms with Crippen molar-refractivity contribution < 1.29 is 14.4 Å². The van der Waals surface area contributed by atoms with E-state index < -0.39 is 6.09 Å². The lowest BCUT2D eigenvalue weighted by atomic mass is 9.92. The van der Waals surface area contributed by atoms with Crippen LogP contribution in [0.25, 0.3) is 11.2 Å². The molecule has 2 aromatic heterocycles. The Morgan fingerprint density at radius 2 is 1.60 bits per heavy atom. The molecule has 1 amide bonds. The van der Waals surface area contributed by atoms with Crippen molar-refractivity contribution in [3.63, 3.8) is 0 Å². The summed E-state index contributed by atoms with van der Waals surface area (Å²) >= 11 is 0. The Morgan fingerprint density at radius 1 is 0.905 bits per heavy atom. The summed E-state index contributed by atoms with van der Waals surface area (Å²) in [6, 6.07) is 7.93. The van der Waals surface area contributed by atoms with E-state index in [0.29, 0.717) is 42.4 Å². The number of hydrogen-bond donors (Lipinski definition) is 4. The molecular weight excluding hydrogens is 534 g/mol. The van der Waals surface area contributed by atoms with E-state index in [2.05, 4.69) is 20.5 Å². The maximum absolute atomic E-state index is 12.4. The van der Waals surface area contributed by atoms with E-state index in [0.717, 1.165) is 68.3 Å². The minimum atomic E-state index is -0.550. The van der Waals surface area contributed by atoms with Crippen molar-refractivity contribution in [3.8, 4) is 0 Å². The third-order valence-corrected chi connectivity index (χ3v) is 8.79. The minimum Gasteiger partial charge on any atom is -0.365 e. The van der Waals surface area contributed by atoms with E-state index in [9.17, 15) is 9.59 Å². The van der Waals surface area contributed by atoms with Crippen LogP contribution in [0.3, 0.4) is 0 Å². The number of benzene rings is 1. The Bertz CT molecular complexity index is 1390. The second-order valence-corrected chi connectivity index (χ2v) is 11.9. The largest absolute Gasteiger partial charge is 0.430 e. The van der Waals surface area contributed by atoms with Gasteiger partial charge in [0.2, 0.25) is 5.95 Å². The van der Waals surface area contributed by atoms with Crippen LogP contribution in [-0.4, -0.2) is 67.7 Å². The van der Waals surface area contributed by atoms with Crippen molar-refractivity contribution in [2.45, 2.75) is 95.3 Å². The number of nitrogens with two attached hydrogens (primary N) is 1. The molecule has 6 rings (SSSR count). The van der Waals surface area contributed by atoms with Gasteiger partial charge in [-0.25, -0.2) is 9.78 Å². The number of ketones is 1. The average Bonchev–Trinajstić information content (AvgIpc) is 3.66. The number of hydroxylamine groups is 2. The van der Waals surface area contributed by atoms with Crippen LogP contribution in [0, 0.1) is 0 Å². The third kappa shape index (κ3) is 6.65. The van der Waals surface area contributed by atoms with Crippen molar-refractivity contribution in [1.82, 2.24) is 24.6 Å². The minimum absolute atomic E-state index is 0.0209. The third-order valence-electron chi connectivity index (χ3n) is 8.79. The number of fused-ring (bicyclic) bond motifs is 1. The highest BCUT2D eigenvalue weighted by Crippen LogP contribution is 2.34. The highest BCUT2D eigenvalue weighted by Gasteiger charge is 2.27. The van der Waals surface area contributed by atoms with Crippen molar-refractivity contribution in [2.24, 2.45) is 5.73 Å². The first-order valence-corrected chi connectivity index (χ1v) is 15.3. The summed E-state index contributed by atoms with van der Waals surface area (Å²) in [4.78, 5) is 44.1. The van der Waals surface area contributed by atoms with Gasteiger partial charge in [-0.05, 0) is 82.6 Å². The molecule has 1 aromatic carbocycles. The lowest BCUT2D eigenvalue weighted by Crippen LogP contribution is -2.41. The van der Waals surface area contributed by atoms with E-state index in [1.54, 1.807) is 29.3 Å². The fourth-order valence-electron chi connectivity index (χ4n) is 6.31. The number of hydrogen-bond acceptors (Lipinski definition) is 10. The number of carbonyl (C=O) groups excluding carboxylic acids is 2. The molecular formula is C30H41N9O3. The summed E-state index contributed by atoms with van der Waals surface area (Å²) in [6.07, 6.45) is 11.7. The Hall–Kier alpha value is -3.77. The molecule has 5 N–H and O–H groups in total. The number of aromatic nitrogens is 4. The monoisotopic (exact) mass is 575 g/mol. The molecule has 3 heterocycles. The van der Waals surface area contributed by atoms with Crippen LogP contribution >= 0.6 is 0 Å². The van der Waals surface area contributed by atoms with Gasteiger partial charge in [-0.3, -0.25) is 10.1 Å². The number of nitrogens with one attached hydrogen (secondary N) is 3. The molecule has 0 radical (unpaired) electrons. The fraction of sp³-hybridized carbons (Fsp3) is 0.567. The van der Waals surface area contributed by atoms with Crippen molar-refractivity contribution in [1.29, 1.82) is 0 Å². The Morgan fingerprint density at radius 3 is 2.29 bits per heavy atom. The molecule has 0 spiro atoms. The van der Waals surface area contributed by atoms with Gasteiger partial charge < -0.3 is 25.8 Å². The van der Waals surface area contributed by atoms with Gasteiger partial charge in [0.05, 0.1) is 6.33 Å². The summed E-state index contributed by atoms with van der Waals surface area (Å²) in [5.41, 5.74) is 8.97.